The summed E-state index contributed by atoms with van der Waals surface area (Å²) in [6.45, 7) is 8.47. The second-order valence-corrected chi connectivity index (χ2v) is 9.48. The Morgan fingerprint density at radius 2 is 1.00 bits per heavy atom. The van der Waals surface area contributed by atoms with Crippen LogP contribution < -0.4 is 0 Å². The van der Waals surface area contributed by atoms with Crippen LogP contribution in [-0.2, 0) is 9.47 Å². The van der Waals surface area contributed by atoms with E-state index in [4.69, 9.17) is 9.47 Å². The summed E-state index contributed by atoms with van der Waals surface area (Å²) in [4.78, 5) is 25.2. The minimum absolute atomic E-state index is 0.305. The molecule has 0 N–H and O–H groups in total. The molecular weight excluding hydrogens is 448 g/mol. The van der Waals surface area contributed by atoms with Crippen molar-refractivity contribution < 1.29 is 19.1 Å². The summed E-state index contributed by atoms with van der Waals surface area (Å²) in [5.74, 6) is 6.35. The zero-order valence-corrected chi connectivity index (χ0v) is 21.6. The lowest BCUT2D eigenvalue weighted by molar-refractivity contribution is 0.0593. The molecule has 0 atom stereocenters. The van der Waals surface area contributed by atoms with E-state index in [1.165, 1.54) is 14.2 Å². The van der Waals surface area contributed by atoms with Crippen LogP contribution in [0, 0.1) is 11.8 Å². The van der Waals surface area contributed by atoms with Gasteiger partial charge in [-0.25, -0.2) is 9.59 Å². The van der Waals surface area contributed by atoms with Gasteiger partial charge >= 0.3 is 11.9 Å². The van der Waals surface area contributed by atoms with Crippen molar-refractivity contribution >= 4 is 11.9 Å². The summed E-state index contributed by atoms with van der Waals surface area (Å²) in [6, 6.07) is 19.7. The Hall–Kier alpha value is -4.10. The molecule has 0 bridgehead atoms. The Bertz CT molecular complexity index is 1340. The van der Waals surface area contributed by atoms with E-state index in [2.05, 4.69) is 51.7 Å². The second-order valence-electron chi connectivity index (χ2n) is 9.48. The number of esters is 2. The first-order chi connectivity index (χ1) is 17.2. The van der Waals surface area contributed by atoms with E-state index in [1.807, 2.05) is 36.4 Å². The third kappa shape index (κ3) is 4.70. The van der Waals surface area contributed by atoms with E-state index in [-0.39, 0.29) is 0 Å². The largest absolute Gasteiger partial charge is 0.465 e. The van der Waals surface area contributed by atoms with Crippen molar-refractivity contribution in [1.29, 1.82) is 0 Å². The number of hydrogen-bond acceptors (Lipinski definition) is 4. The standard InChI is InChI=1S/C32H30O4/c1-19(2)21-9-7-11-25-23(17-29(27(25)15-21)31(33)35-5)13-14-24-18-30(32(34)36-6)28-16-22(20(3)4)10-8-12-26(24)28/h7-12,15-20H,1-6H3. The predicted octanol–water partition coefficient (Wildman–Crippen LogP) is 7.12. The van der Waals surface area contributed by atoms with Gasteiger partial charge in [-0.1, -0.05) is 75.9 Å². The van der Waals surface area contributed by atoms with Gasteiger partial charge in [0.1, 0.15) is 0 Å². The maximum Gasteiger partial charge on any atom is 0.338 e. The van der Waals surface area contributed by atoms with Crippen molar-refractivity contribution in [3.63, 3.8) is 0 Å². The average Bonchev–Trinajstić information content (AvgIpc) is 3.15. The van der Waals surface area contributed by atoms with Crippen LogP contribution in [0.3, 0.4) is 0 Å². The van der Waals surface area contributed by atoms with Crippen molar-refractivity contribution in [1.82, 2.24) is 0 Å². The first-order valence-electron chi connectivity index (χ1n) is 12.1. The average molecular weight is 479 g/mol. The molecule has 4 rings (SSSR count). The summed E-state index contributed by atoms with van der Waals surface area (Å²) in [6.07, 6.45) is 0. The number of ether oxygens (including phenoxy) is 2. The van der Waals surface area contributed by atoms with E-state index < -0.39 is 11.9 Å². The van der Waals surface area contributed by atoms with Gasteiger partial charge in [0, 0.05) is 11.1 Å². The molecule has 4 heteroatoms. The third-order valence-corrected chi connectivity index (χ3v) is 6.52. The maximum absolute atomic E-state index is 12.6. The van der Waals surface area contributed by atoms with Crippen molar-refractivity contribution in [3.05, 3.63) is 94.0 Å². The highest BCUT2D eigenvalue weighted by molar-refractivity contribution is 6.02. The van der Waals surface area contributed by atoms with Gasteiger partial charge in [0.05, 0.1) is 25.3 Å². The molecule has 0 saturated carbocycles. The lowest BCUT2D eigenvalue weighted by atomic mass is 10.0. The quantitative estimate of drug-likeness (QED) is 0.232. The molecule has 0 heterocycles. The Labute approximate surface area is 212 Å². The van der Waals surface area contributed by atoms with Gasteiger partial charge in [-0.15, -0.1) is 0 Å². The molecule has 4 aliphatic rings. The lowest BCUT2D eigenvalue weighted by Crippen LogP contribution is -2.00. The van der Waals surface area contributed by atoms with Gasteiger partial charge < -0.3 is 9.47 Å². The fraction of sp³-hybridized carbons (Fsp3) is 0.250. The van der Waals surface area contributed by atoms with Crippen LogP contribution in [0.1, 0.15) is 82.5 Å². The molecule has 0 radical (unpaired) electrons. The van der Waals surface area contributed by atoms with Crippen LogP contribution >= 0.6 is 0 Å². The molecule has 0 aromatic heterocycles. The van der Waals surface area contributed by atoms with Gasteiger partial charge in [-0.2, -0.15) is 0 Å². The normalized spacial score (nSPS) is 11.0. The predicted molar refractivity (Wildman–Crippen MR) is 143 cm³/mol. The highest BCUT2D eigenvalue weighted by atomic mass is 16.5. The first-order valence-corrected chi connectivity index (χ1v) is 12.1. The Morgan fingerprint density at radius 3 is 1.33 bits per heavy atom. The number of carbonyl (C=O) groups is 2. The summed E-state index contributed by atoms with van der Waals surface area (Å²) >= 11 is 0. The molecule has 0 unspecified atom stereocenters. The number of methoxy groups -OCH3 is 2. The molecule has 0 aromatic rings. The third-order valence-electron chi connectivity index (χ3n) is 6.52. The van der Waals surface area contributed by atoms with Crippen LogP contribution in [0.15, 0.2) is 60.7 Å². The van der Waals surface area contributed by atoms with Gasteiger partial charge in [-0.05, 0) is 69.5 Å². The Balaban J connectivity index is 1.89. The van der Waals surface area contributed by atoms with Crippen LogP contribution in [0.25, 0.3) is 22.3 Å². The molecule has 0 saturated heterocycles. The molecule has 4 aliphatic carbocycles. The van der Waals surface area contributed by atoms with Crippen molar-refractivity contribution in [2.45, 2.75) is 39.5 Å². The topological polar surface area (TPSA) is 52.6 Å². The first kappa shape index (κ1) is 25.0. The van der Waals surface area contributed by atoms with Gasteiger partial charge in [0.25, 0.3) is 0 Å². The van der Waals surface area contributed by atoms with Gasteiger partial charge in [0.2, 0.25) is 0 Å². The van der Waals surface area contributed by atoms with Crippen LogP contribution in [0.5, 0.6) is 0 Å². The Kier molecular flexibility index (Phi) is 7.12. The van der Waals surface area contributed by atoms with Crippen LogP contribution in [0.4, 0.5) is 0 Å². The van der Waals surface area contributed by atoms with E-state index in [9.17, 15) is 9.59 Å². The van der Waals surface area contributed by atoms with E-state index in [0.717, 1.165) is 44.5 Å². The van der Waals surface area contributed by atoms with E-state index >= 15 is 0 Å². The molecule has 182 valence electrons. The fourth-order valence-electron chi connectivity index (χ4n) is 4.41. The zero-order chi connectivity index (χ0) is 26.0. The zero-order valence-electron chi connectivity index (χ0n) is 21.6. The van der Waals surface area contributed by atoms with Crippen molar-refractivity contribution in [3.8, 4) is 34.1 Å². The number of rotatable bonds is 4. The molecule has 36 heavy (non-hydrogen) atoms. The monoisotopic (exact) mass is 478 g/mol. The molecule has 4 nitrogen and oxygen atoms in total. The number of fused-ring (bicyclic) bond motifs is 2. The van der Waals surface area contributed by atoms with Crippen LogP contribution in [-0.4, -0.2) is 26.2 Å². The molecule has 0 spiro atoms. The second kappa shape index (κ2) is 10.3. The van der Waals surface area contributed by atoms with E-state index in [1.54, 1.807) is 12.1 Å². The smallest absolute Gasteiger partial charge is 0.338 e. The van der Waals surface area contributed by atoms with Crippen LogP contribution in [0.2, 0.25) is 0 Å². The summed E-state index contributed by atoms with van der Waals surface area (Å²) in [5.41, 5.74) is 8.08. The maximum atomic E-state index is 12.6. The molecule has 0 aliphatic heterocycles. The summed E-state index contributed by atoms with van der Waals surface area (Å²) in [7, 11) is 2.77. The molecule has 0 fully saturated rings. The Morgan fingerprint density at radius 1 is 0.611 bits per heavy atom. The van der Waals surface area contributed by atoms with Crippen molar-refractivity contribution in [2.24, 2.45) is 0 Å². The minimum atomic E-state index is -0.395. The lowest BCUT2D eigenvalue weighted by Gasteiger charge is -2.04. The highest BCUT2D eigenvalue weighted by Crippen LogP contribution is 2.36. The summed E-state index contributed by atoms with van der Waals surface area (Å²) in [5, 5.41) is 0. The van der Waals surface area contributed by atoms with E-state index in [0.29, 0.717) is 23.0 Å². The molecule has 0 aromatic carbocycles. The fourth-order valence-corrected chi connectivity index (χ4v) is 4.41. The highest BCUT2D eigenvalue weighted by Gasteiger charge is 2.22. The number of hydrogen-bond donors (Lipinski definition) is 0. The van der Waals surface area contributed by atoms with Gasteiger partial charge in [-0.3, -0.25) is 0 Å². The van der Waals surface area contributed by atoms with Crippen molar-refractivity contribution in [2.75, 3.05) is 14.2 Å². The van der Waals surface area contributed by atoms with Gasteiger partial charge in [0.15, 0.2) is 0 Å². The molecular formula is C32H30O4. The SMILES string of the molecule is COC(=O)c1cc(C#Cc2cc(C(=O)OC)c3cc(C(C)C)cccc2-3)c2cccc(C(C)C)cc1-2. The number of carbonyl (C=O) groups excluding carboxylic acids is 2. The molecule has 0 amide bonds. The summed E-state index contributed by atoms with van der Waals surface area (Å²) < 4.78 is 10.1. The minimum Gasteiger partial charge on any atom is -0.465 e.